The first kappa shape index (κ1) is 13.2. The standard InChI is InChI=1S/C17H26O2/c1-10(2)17(9-11(3)16(18)19)14-5-12-4-13(7-14)8-15(17)6-12/h10,12-15H,3-9H2,1-2H3,(H,18,19). The van der Waals surface area contributed by atoms with Gasteiger partial charge in [-0.05, 0) is 73.5 Å². The molecular formula is C17H26O2. The molecule has 4 aliphatic rings. The minimum absolute atomic E-state index is 0.225. The third-order valence-corrected chi connectivity index (χ3v) is 6.56. The molecule has 0 unspecified atom stereocenters. The van der Waals surface area contributed by atoms with Crippen molar-refractivity contribution in [2.24, 2.45) is 35.0 Å². The smallest absolute Gasteiger partial charge is 0.330 e. The Kier molecular flexibility index (Phi) is 3.03. The zero-order valence-corrected chi connectivity index (χ0v) is 12.2. The Morgan fingerprint density at radius 2 is 1.63 bits per heavy atom. The number of aliphatic carboxylic acids is 1. The number of carboxylic acid groups (broad SMARTS) is 1. The van der Waals surface area contributed by atoms with Crippen molar-refractivity contribution < 1.29 is 9.90 Å². The van der Waals surface area contributed by atoms with Crippen LogP contribution in [-0.4, -0.2) is 11.1 Å². The lowest BCUT2D eigenvalue weighted by Gasteiger charge is -2.63. The molecule has 0 spiro atoms. The quantitative estimate of drug-likeness (QED) is 0.774. The Balaban J connectivity index is 1.92. The van der Waals surface area contributed by atoms with Crippen molar-refractivity contribution in [3.8, 4) is 0 Å². The van der Waals surface area contributed by atoms with Gasteiger partial charge in [0.15, 0.2) is 0 Å². The van der Waals surface area contributed by atoms with E-state index in [-0.39, 0.29) is 5.41 Å². The monoisotopic (exact) mass is 262 g/mol. The Hall–Kier alpha value is -0.790. The zero-order chi connectivity index (χ0) is 13.8. The summed E-state index contributed by atoms with van der Waals surface area (Å²) in [5, 5.41) is 9.23. The molecule has 4 fully saturated rings. The van der Waals surface area contributed by atoms with Crippen LogP contribution in [0.3, 0.4) is 0 Å². The summed E-state index contributed by atoms with van der Waals surface area (Å²) in [4.78, 5) is 11.2. The summed E-state index contributed by atoms with van der Waals surface area (Å²) >= 11 is 0. The van der Waals surface area contributed by atoms with Crippen molar-refractivity contribution in [3.63, 3.8) is 0 Å². The predicted molar refractivity (Wildman–Crippen MR) is 75.7 cm³/mol. The topological polar surface area (TPSA) is 37.3 Å². The molecule has 2 heteroatoms. The predicted octanol–water partition coefficient (Wildman–Crippen LogP) is 4.12. The second kappa shape index (κ2) is 4.36. The van der Waals surface area contributed by atoms with E-state index < -0.39 is 5.97 Å². The second-order valence-electron chi connectivity index (χ2n) is 7.66. The van der Waals surface area contributed by atoms with Crippen LogP contribution in [0.5, 0.6) is 0 Å². The van der Waals surface area contributed by atoms with Gasteiger partial charge in [0, 0.05) is 5.57 Å². The van der Waals surface area contributed by atoms with E-state index in [1.165, 1.54) is 32.1 Å². The van der Waals surface area contributed by atoms with Gasteiger partial charge in [-0.25, -0.2) is 4.79 Å². The maximum Gasteiger partial charge on any atom is 0.330 e. The lowest BCUT2D eigenvalue weighted by molar-refractivity contribution is -0.142. The summed E-state index contributed by atoms with van der Waals surface area (Å²) in [6.07, 6.45) is 7.54. The molecule has 2 nitrogen and oxygen atoms in total. The molecule has 0 aromatic heterocycles. The molecule has 106 valence electrons. The molecule has 0 heterocycles. The summed E-state index contributed by atoms with van der Waals surface area (Å²) in [6.45, 7) is 8.44. The van der Waals surface area contributed by atoms with E-state index in [9.17, 15) is 9.90 Å². The third-order valence-electron chi connectivity index (χ3n) is 6.56. The zero-order valence-electron chi connectivity index (χ0n) is 12.2. The van der Waals surface area contributed by atoms with Crippen molar-refractivity contribution in [2.45, 2.75) is 52.4 Å². The van der Waals surface area contributed by atoms with Crippen molar-refractivity contribution in [3.05, 3.63) is 12.2 Å². The first-order chi connectivity index (χ1) is 8.93. The van der Waals surface area contributed by atoms with Gasteiger partial charge in [-0.3, -0.25) is 0 Å². The fraction of sp³-hybridized carbons (Fsp3) is 0.824. The van der Waals surface area contributed by atoms with E-state index in [2.05, 4.69) is 20.4 Å². The van der Waals surface area contributed by atoms with Crippen LogP contribution in [0.2, 0.25) is 0 Å². The van der Waals surface area contributed by atoms with Gasteiger partial charge in [-0.15, -0.1) is 0 Å². The maximum absolute atomic E-state index is 11.2. The van der Waals surface area contributed by atoms with Crippen LogP contribution < -0.4 is 0 Å². The number of hydrogen-bond donors (Lipinski definition) is 1. The normalized spacial score (nSPS) is 43.7. The van der Waals surface area contributed by atoms with Crippen molar-refractivity contribution in [1.82, 2.24) is 0 Å². The van der Waals surface area contributed by atoms with Gasteiger partial charge in [-0.2, -0.15) is 0 Å². The molecule has 4 saturated carbocycles. The van der Waals surface area contributed by atoms with Crippen LogP contribution in [0, 0.1) is 35.0 Å². The molecule has 19 heavy (non-hydrogen) atoms. The van der Waals surface area contributed by atoms with Gasteiger partial charge in [0.1, 0.15) is 0 Å². The van der Waals surface area contributed by atoms with Crippen LogP contribution in [0.4, 0.5) is 0 Å². The Morgan fingerprint density at radius 3 is 2.00 bits per heavy atom. The molecular weight excluding hydrogens is 236 g/mol. The fourth-order valence-corrected chi connectivity index (χ4v) is 5.94. The number of rotatable bonds is 4. The summed E-state index contributed by atoms with van der Waals surface area (Å²) in [5.41, 5.74) is 0.657. The van der Waals surface area contributed by atoms with E-state index in [0.717, 1.165) is 30.1 Å². The Morgan fingerprint density at radius 1 is 1.16 bits per heavy atom. The van der Waals surface area contributed by atoms with Gasteiger partial charge >= 0.3 is 5.97 Å². The average Bonchev–Trinajstić information content (AvgIpc) is 2.32. The highest BCUT2D eigenvalue weighted by Gasteiger charge is 2.58. The Bertz CT molecular complexity index is 379. The fourth-order valence-electron chi connectivity index (χ4n) is 5.94. The number of hydrogen-bond acceptors (Lipinski definition) is 1. The van der Waals surface area contributed by atoms with Gasteiger partial charge in [0.25, 0.3) is 0 Å². The van der Waals surface area contributed by atoms with Crippen LogP contribution >= 0.6 is 0 Å². The van der Waals surface area contributed by atoms with Gasteiger partial charge in [0.05, 0.1) is 0 Å². The highest BCUT2D eigenvalue weighted by molar-refractivity contribution is 5.85. The summed E-state index contributed by atoms with van der Waals surface area (Å²) < 4.78 is 0. The Labute approximate surface area is 116 Å². The average molecular weight is 262 g/mol. The second-order valence-corrected chi connectivity index (χ2v) is 7.66. The van der Waals surface area contributed by atoms with Crippen molar-refractivity contribution in [2.75, 3.05) is 0 Å². The minimum atomic E-state index is -0.797. The first-order valence-electron chi connectivity index (χ1n) is 7.84. The minimum Gasteiger partial charge on any atom is -0.478 e. The molecule has 0 saturated heterocycles. The van der Waals surface area contributed by atoms with Crippen LogP contribution in [0.25, 0.3) is 0 Å². The molecule has 0 aliphatic heterocycles. The maximum atomic E-state index is 11.2. The molecule has 0 radical (unpaired) electrons. The van der Waals surface area contributed by atoms with Gasteiger partial charge in [0.2, 0.25) is 0 Å². The van der Waals surface area contributed by atoms with Crippen LogP contribution in [0.1, 0.15) is 52.4 Å². The molecule has 4 aliphatic carbocycles. The van der Waals surface area contributed by atoms with Gasteiger partial charge < -0.3 is 5.11 Å². The lowest BCUT2D eigenvalue weighted by atomic mass is 9.41. The highest BCUT2D eigenvalue weighted by Crippen LogP contribution is 2.66. The molecule has 0 aromatic rings. The number of carbonyl (C=O) groups is 1. The van der Waals surface area contributed by atoms with E-state index in [1.807, 2.05) is 0 Å². The number of carboxylic acids is 1. The third kappa shape index (κ3) is 1.86. The molecule has 0 atom stereocenters. The van der Waals surface area contributed by atoms with E-state index >= 15 is 0 Å². The summed E-state index contributed by atoms with van der Waals surface area (Å²) in [7, 11) is 0. The largest absolute Gasteiger partial charge is 0.478 e. The van der Waals surface area contributed by atoms with Crippen molar-refractivity contribution in [1.29, 1.82) is 0 Å². The molecule has 4 rings (SSSR count). The van der Waals surface area contributed by atoms with E-state index in [4.69, 9.17) is 0 Å². The highest BCUT2D eigenvalue weighted by atomic mass is 16.4. The van der Waals surface area contributed by atoms with E-state index in [0.29, 0.717) is 11.5 Å². The molecule has 4 bridgehead atoms. The van der Waals surface area contributed by atoms with Gasteiger partial charge in [-0.1, -0.05) is 20.4 Å². The summed E-state index contributed by atoms with van der Waals surface area (Å²) in [6, 6.07) is 0. The summed E-state index contributed by atoms with van der Waals surface area (Å²) in [5.74, 6) is 3.15. The first-order valence-corrected chi connectivity index (χ1v) is 7.84. The molecule has 1 N–H and O–H groups in total. The van der Waals surface area contributed by atoms with Crippen LogP contribution in [-0.2, 0) is 4.79 Å². The lowest BCUT2D eigenvalue weighted by Crippen LogP contribution is -2.55. The molecule has 0 aromatic carbocycles. The molecule has 0 amide bonds. The van der Waals surface area contributed by atoms with Crippen molar-refractivity contribution >= 4 is 5.97 Å². The SMILES string of the molecule is C=C(CC1(C(C)C)C2CC3CC(C2)CC1C3)C(=O)O. The van der Waals surface area contributed by atoms with E-state index in [1.54, 1.807) is 0 Å². The van der Waals surface area contributed by atoms with Crippen LogP contribution in [0.15, 0.2) is 12.2 Å².